The smallest absolute Gasteiger partial charge is 0.126 e. The zero-order valence-electron chi connectivity index (χ0n) is 9.00. The van der Waals surface area contributed by atoms with Crippen molar-refractivity contribution < 1.29 is 9.50 Å². The molecule has 0 aliphatic heterocycles. The van der Waals surface area contributed by atoms with Crippen LogP contribution in [0.5, 0.6) is 5.75 Å². The van der Waals surface area contributed by atoms with Crippen LogP contribution in [0.15, 0.2) is 30.9 Å². The molecular formula is C12H16FNO. The van der Waals surface area contributed by atoms with Gasteiger partial charge in [0.05, 0.1) is 0 Å². The van der Waals surface area contributed by atoms with Crippen LogP contribution in [0, 0.1) is 5.82 Å². The first-order chi connectivity index (χ1) is 7.04. The number of phenols is 1. The van der Waals surface area contributed by atoms with Crippen molar-refractivity contribution in [2.24, 2.45) is 0 Å². The van der Waals surface area contributed by atoms with Crippen molar-refractivity contribution in [1.82, 2.24) is 5.32 Å². The predicted molar refractivity (Wildman–Crippen MR) is 59.3 cm³/mol. The van der Waals surface area contributed by atoms with Gasteiger partial charge in [0.15, 0.2) is 0 Å². The molecule has 0 aromatic heterocycles. The number of halogens is 1. The molecule has 0 saturated carbocycles. The normalized spacial score (nSPS) is 14.6. The van der Waals surface area contributed by atoms with Crippen LogP contribution < -0.4 is 5.32 Å². The largest absolute Gasteiger partial charge is 0.508 e. The zero-order valence-corrected chi connectivity index (χ0v) is 9.00. The van der Waals surface area contributed by atoms with Crippen molar-refractivity contribution in [3.63, 3.8) is 0 Å². The first kappa shape index (κ1) is 11.7. The van der Waals surface area contributed by atoms with E-state index in [2.05, 4.69) is 11.9 Å². The van der Waals surface area contributed by atoms with Crippen molar-refractivity contribution in [1.29, 1.82) is 0 Å². The Morgan fingerprint density at radius 2 is 2.13 bits per heavy atom. The number of rotatable bonds is 4. The summed E-state index contributed by atoms with van der Waals surface area (Å²) < 4.78 is 12.7. The lowest BCUT2D eigenvalue weighted by atomic mass is 10.1. The maximum absolute atomic E-state index is 12.7. The number of hydrogen-bond donors (Lipinski definition) is 2. The monoisotopic (exact) mass is 209 g/mol. The molecule has 2 unspecified atom stereocenters. The molecule has 0 heterocycles. The van der Waals surface area contributed by atoms with E-state index in [1.807, 2.05) is 13.8 Å². The fourth-order valence-corrected chi connectivity index (χ4v) is 1.44. The summed E-state index contributed by atoms with van der Waals surface area (Å²) in [6.45, 7) is 7.53. The Hall–Kier alpha value is -1.35. The third kappa shape index (κ3) is 3.06. The summed E-state index contributed by atoms with van der Waals surface area (Å²) in [6, 6.07) is 4.14. The molecule has 2 N–H and O–H groups in total. The number of aromatic hydroxyl groups is 1. The quantitative estimate of drug-likeness (QED) is 0.747. The standard InChI is InChI=1S/C12H16FNO/c1-4-8(2)14-9(3)11-6-5-10(13)7-12(11)15/h4-9,14-15H,1H2,2-3H3. The molecule has 0 bridgehead atoms. The van der Waals surface area contributed by atoms with Crippen molar-refractivity contribution in [2.45, 2.75) is 25.9 Å². The lowest BCUT2D eigenvalue weighted by Gasteiger charge is -2.18. The van der Waals surface area contributed by atoms with Gasteiger partial charge in [0.1, 0.15) is 11.6 Å². The molecule has 15 heavy (non-hydrogen) atoms. The molecule has 0 aliphatic rings. The van der Waals surface area contributed by atoms with Crippen molar-refractivity contribution in [3.8, 4) is 5.75 Å². The molecule has 2 nitrogen and oxygen atoms in total. The first-order valence-corrected chi connectivity index (χ1v) is 4.91. The molecule has 0 aliphatic carbocycles. The topological polar surface area (TPSA) is 32.3 Å². The summed E-state index contributed by atoms with van der Waals surface area (Å²) in [5, 5.41) is 12.7. The highest BCUT2D eigenvalue weighted by molar-refractivity contribution is 5.35. The summed E-state index contributed by atoms with van der Waals surface area (Å²) in [7, 11) is 0. The van der Waals surface area contributed by atoms with Crippen LogP contribution in [0.3, 0.4) is 0 Å². The fourth-order valence-electron chi connectivity index (χ4n) is 1.44. The van der Waals surface area contributed by atoms with Crippen molar-refractivity contribution in [2.75, 3.05) is 0 Å². The van der Waals surface area contributed by atoms with Gasteiger partial charge in [-0.3, -0.25) is 0 Å². The second-order valence-electron chi connectivity index (χ2n) is 3.62. The average molecular weight is 209 g/mol. The molecular weight excluding hydrogens is 193 g/mol. The number of benzene rings is 1. The molecule has 2 atom stereocenters. The Labute approximate surface area is 89.4 Å². The molecule has 1 aromatic rings. The molecule has 1 rings (SSSR count). The first-order valence-electron chi connectivity index (χ1n) is 4.91. The van der Waals surface area contributed by atoms with Crippen LogP contribution in [-0.4, -0.2) is 11.1 Å². The number of hydrogen-bond acceptors (Lipinski definition) is 2. The van der Waals surface area contributed by atoms with Gasteiger partial charge in [-0.05, 0) is 19.9 Å². The third-order valence-electron chi connectivity index (χ3n) is 2.33. The van der Waals surface area contributed by atoms with E-state index >= 15 is 0 Å². The zero-order chi connectivity index (χ0) is 11.4. The van der Waals surface area contributed by atoms with Gasteiger partial charge in [-0.25, -0.2) is 4.39 Å². The van der Waals surface area contributed by atoms with Crippen LogP contribution in [0.1, 0.15) is 25.5 Å². The minimum absolute atomic E-state index is 0.0220. The summed E-state index contributed by atoms with van der Waals surface area (Å²) in [5.74, 6) is -0.452. The van der Waals surface area contributed by atoms with E-state index < -0.39 is 5.82 Å². The van der Waals surface area contributed by atoms with Crippen LogP contribution >= 0.6 is 0 Å². The van der Waals surface area contributed by atoms with Crippen LogP contribution in [0.4, 0.5) is 4.39 Å². The molecule has 0 fully saturated rings. The Balaban J connectivity index is 2.81. The molecule has 0 spiro atoms. The minimum Gasteiger partial charge on any atom is -0.508 e. The van der Waals surface area contributed by atoms with Gasteiger partial charge in [0.25, 0.3) is 0 Å². The molecule has 82 valence electrons. The predicted octanol–water partition coefficient (Wildman–Crippen LogP) is 2.76. The lowest BCUT2D eigenvalue weighted by molar-refractivity contribution is 0.442. The Morgan fingerprint density at radius 1 is 1.47 bits per heavy atom. The van der Waals surface area contributed by atoms with E-state index in [1.54, 1.807) is 12.1 Å². The lowest BCUT2D eigenvalue weighted by Crippen LogP contribution is -2.26. The molecule has 0 radical (unpaired) electrons. The molecule has 0 saturated heterocycles. The van der Waals surface area contributed by atoms with Gasteiger partial charge in [-0.2, -0.15) is 0 Å². The second kappa shape index (κ2) is 4.94. The highest BCUT2D eigenvalue weighted by atomic mass is 19.1. The van der Waals surface area contributed by atoms with Crippen molar-refractivity contribution >= 4 is 0 Å². The van der Waals surface area contributed by atoms with Gasteiger partial charge >= 0.3 is 0 Å². The molecule has 1 aromatic carbocycles. The summed E-state index contributed by atoms with van der Waals surface area (Å²) in [4.78, 5) is 0. The summed E-state index contributed by atoms with van der Waals surface area (Å²) >= 11 is 0. The van der Waals surface area contributed by atoms with E-state index in [9.17, 15) is 9.50 Å². The average Bonchev–Trinajstić information content (AvgIpc) is 2.17. The third-order valence-corrected chi connectivity index (χ3v) is 2.33. The van der Waals surface area contributed by atoms with E-state index in [-0.39, 0.29) is 17.8 Å². The van der Waals surface area contributed by atoms with Gasteiger partial charge in [0.2, 0.25) is 0 Å². The van der Waals surface area contributed by atoms with E-state index in [1.165, 1.54) is 6.07 Å². The SMILES string of the molecule is C=CC(C)NC(C)c1ccc(F)cc1O. The number of phenolic OH excluding ortho intramolecular Hbond substituents is 1. The summed E-state index contributed by atoms with van der Waals surface area (Å²) in [6.07, 6.45) is 1.77. The van der Waals surface area contributed by atoms with Gasteiger partial charge < -0.3 is 10.4 Å². The van der Waals surface area contributed by atoms with E-state index in [0.29, 0.717) is 5.56 Å². The van der Waals surface area contributed by atoms with Crippen molar-refractivity contribution in [3.05, 3.63) is 42.2 Å². The Kier molecular flexibility index (Phi) is 3.86. The van der Waals surface area contributed by atoms with Gasteiger partial charge in [-0.15, -0.1) is 6.58 Å². The maximum atomic E-state index is 12.7. The van der Waals surface area contributed by atoms with Gasteiger partial charge in [0, 0.05) is 23.7 Å². The van der Waals surface area contributed by atoms with Crippen LogP contribution in [0.2, 0.25) is 0 Å². The molecule has 3 heteroatoms. The van der Waals surface area contributed by atoms with Crippen LogP contribution in [0.25, 0.3) is 0 Å². The minimum atomic E-state index is -0.430. The number of nitrogens with one attached hydrogen (secondary N) is 1. The van der Waals surface area contributed by atoms with Gasteiger partial charge in [-0.1, -0.05) is 12.1 Å². The second-order valence-corrected chi connectivity index (χ2v) is 3.62. The Morgan fingerprint density at radius 3 is 2.67 bits per heavy atom. The fraction of sp³-hybridized carbons (Fsp3) is 0.333. The maximum Gasteiger partial charge on any atom is 0.126 e. The Bertz CT molecular complexity index is 351. The molecule has 0 amide bonds. The summed E-state index contributed by atoms with van der Waals surface area (Å²) in [5.41, 5.74) is 0.685. The van der Waals surface area contributed by atoms with E-state index in [0.717, 1.165) is 6.07 Å². The highest BCUT2D eigenvalue weighted by Gasteiger charge is 2.11. The highest BCUT2D eigenvalue weighted by Crippen LogP contribution is 2.24. The van der Waals surface area contributed by atoms with E-state index in [4.69, 9.17) is 0 Å². The van der Waals surface area contributed by atoms with Crippen LogP contribution in [-0.2, 0) is 0 Å².